The smallest absolute Gasteiger partial charge is 0.416 e. The lowest BCUT2D eigenvalue weighted by Gasteiger charge is -2.19. The molecule has 1 aliphatic heterocycles. The molecular weight excluding hydrogens is 421 g/mol. The van der Waals surface area contributed by atoms with Gasteiger partial charge in [-0.25, -0.2) is 9.97 Å². The first-order valence-corrected chi connectivity index (χ1v) is 10.4. The van der Waals surface area contributed by atoms with Crippen LogP contribution < -0.4 is 20.5 Å². The van der Waals surface area contributed by atoms with Gasteiger partial charge in [-0.2, -0.15) is 13.2 Å². The van der Waals surface area contributed by atoms with Crippen LogP contribution in [0.15, 0.2) is 30.3 Å². The summed E-state index contributed by atoms with van der Waals surface area (Å²) in [5.74, 6) is 2.30. The minimum absolute atomic E-state index is 0.0528. The van der Waals surface area contributed by atoms with Crippen molar-refractivity contribution in [3.63, 3.8) is 0 Å². The lowest BCUT2D eigenvalue weighted by molar-refractivity contribution is -0.137. The molecule has 0 saturated heterocycles. The number of aryl methyl sites for hydroxylation is 1. The Bertz CT molecular complexity index is 1210. The van der Waals surface area contributed by atoms with E-state index < -0.39 is 17.8 Å². The van der Waals surface area contributed by atoms with E-state index in [0.717, 1.165) is 25.0 Å². The first-order chi connectivity index (χ1) is 15.1. The van der Waals surface area contributed by atoms with Crippen LogP contribution in [0.2, 0.25) is 0 Å². The standard InChI is InChI=1S/C23H23F3N4O2/c1-12(14-5-15(23(24,25)26)7-16(27)6-14)28-21-17-8-19-20(9-18(17)29-13(2)30-21)32-11-22(3-4-22)10-31-19/h5-9,12H,3-4,10-11,27H2,1-2H3,(H,28,29,30). The first kappa shape index (κ1) is 20.7. The van der Waals surface area contributed by atoms with E-state index in [0.29, 0.717) is 52.8 Å². The summed E-state index contributed by atoms with van der Waals surface area (Å²) in [4.78, 5) is 9.01. The predicted molar refractivity (Wildman–Crippen MR) is 115 cm³/mol. The van der Waals surface area contributed by atoms with Crippen molar-refractivity contribution in [2.45, 2.75) is 38.9 Å². The highest BCUT2D eigenvalue weighted by Gasteiger charge is 2.46. The van der Waals surface area contributed by atoms with Crippen LogP contribution in [0.1, 0.15) is 42.8 Å². The number of fused-ring (bicyclic) bond motifs is 2. The Hall–Kier alpha value is -3.23. The van der Waals surface area contributed by atoms with E-state index in [1.165, 1.54) is 6.07 Å². The third-order valence-corrected chi connectivity index (χ3v) is 6.06. The fourth-order valence-electron chi connectivity index (χ4n) is 3.94. The molecule has 5 rings (SSSR count). The maximum atomic E-state index is 13.2. The maximum absolute atomic E-state index is 13.2. The topological polar surface area (TPSA) is 82.3 Å². The van der Waals surface area contributed by atoms with Crippen LogP contribution in [0.5, 0.6) is 11.5 Å². The number of nitrogens with zero attached hydrogens (tertiary/aromatic N) is 2. The Morgan fingerprint density at radius 2 is 1.72 bits per heavy atom. The van der Waals surface area contributed by atoms with Crippen molar-refractivity contribution in [2.75, 3.05) is 24.3 Å². The molecule has 3 aromatic rings. The number of aromatic nitrogens is 2. The number of alkyl halides is 3. The molecule has 0 amide bonds. The molecule has 1 aliphatic carbocycles. The predicted octanol–water partition coefficient (Wildman–Crippen LogP) is 5.26. The first-order valence-electron chi connectivity index (χ1n) is 10.4. The number of halogens is 3. The van der Waals surface area contributed by atoms with Crippen molar-refractivity contribution in [1.29, 1.82) is 0 Å². The van der Waals surface area contributed by atoms with Crippen molar-refractivity contribution < 1.29 is 22.6 Å². The fourth-order valence-corrected chi connectivity index (χ4v) is 3.94. The quantitative estimate of drug-likeness (QED) is 0.536. The molecule has 2 heterocycles. The number of anilines is 2. The van der Waals surface area contributed by atoms with Crippen molar-refractivity contribution >= 4 is 22.4 Å². The average Bonchev–Trinajstić information content (AvgIpc) is 3.52. The van der Waals surface area contributed by atoms with Crippen molar-refractivity contribution in [2.24, 2.45) is 5.41 Å². The van der Waals surface area contributed by atoms with E-state index in [4.69, 9.17) is 15.2 Å². The van der Waals surface area contributed by atoms with Gasteiger partial charge in [0.15, 0.2) is 11.5 Å². The highest BCUT2D eigenvalue weighted by Crippen LogP contribution is 2.49. The molecular formula is C23H23F3N4O2. The molecule has 3 N–H and O–H groups in total. The molecule has 9 heteroatoms. The molecule has 1 unspecified atom stereocenters. The molecule has 1 atom stereocenters. The van der Waals surface area contributed by atoms with Gasteiger partial charge in [0, 0.05) is 22.6 Å². The van der Waals surface area contributed by atoms with E-state index in [1.54, 1.807) is 13.8 Å². The number of benzene rings is 2. The largest absolute Gasteiger partial charge is 0.489 e. The summed E-state index contributed by atoms with van der Waals surface area (Å²) in [6.07, 6.45) is -2.30. The molecule has 1 aromatic heterocycles. The van der Waals surface area contributed by atoms with E-state index in [1.807, 2.05) is 12.1 Å². The molecule has 32 heavy (non-hydrogen) atoms. The van der Waals surface area contributed by atoms with Gasteiger partial charge in [0.05, 0.1) is 30.3 Å². The van der Waals surface area contributed by atoms with Crippen molar-refractivity contribution in [3.8, 4) is 11.5 Å². The Morgan fingerprint density at radius 1 is 1.03 bits per heavy atom. The molecule has 1 fully saturated rings. The summed E-state index contributed by atoms with van der Waals surface area (Å²) in [5, 5.41) is 3.93. The molecule has 1 spiro atoms. The van der Waals surface area contributed by atoms with Gasteiger partial charge in [-0.05, 0) is 56.5 Å². The zero-order chi connectivity index (χ0) is 22.7. The van der Waals surface area contributed by atoms with E-state index >= 15 is 0 Å². The highest BCUT2D eigenvalue weighted by atomic mass is 19.4. The SMILES string of the molecule is Cc1nc(NC(C)c2cc(N)cc(C(F)(F)F)c2)c2cc3c(cc2n1)OCC1(CC1)CO3. The van der Waals surface area contributed by atoms with Crippen molar-refractivity contribution in [1.82, 2.24) is 9.97 Å². The van der Waals surface area contributed by atoms with Crippen LogP contribution in [0.3, 0.4) is 0 Å². The summed E-state index contributed by atoms with van der Waals surface area (Å²) in [7, 11) is 0. The van der Waals surface area contributed by atoms with Crippen LogP contribution in [0.25, 0.3) is 10.9 Å². The molecule has 2 aromatic carbocycles. The van der Waals surface area contributed by atoms with Gasteiger partial charge in [0.25, 0.3) is 0 Å². The molecule has 6 nitrogen and oxygen atoms in total. The number of nitrogens with one attached hydrogen (secondary N) is 1. The third-order valence-electron chi connectivity index (χ3n) is 6.06. The van der Waals surface area contributed by atoms with E-state index in [9.17, 15) is 13.2 Å². The number of rotatable bonds is 3. The number of nitrogen functional groups attached to an aromatic ring is 1. The summed E-state index contributed by atoms with van der Waals surface area (Å²) in [6, 6.07) is 6.74. The second-order valence-corrected chi connectivity index (χ2v) is 8.77. The molecule has 1 saturated carbocycles. The van der Waals surface area contributed by atoms with Gasteiger partial charge in [0.1, 0.15) is 11.6 Å². The van der Waals surface area contributed by atoms with Crippen LogP contribution >= 0.6 is 0 Å². The Balaban J connectivity index is 1.50. The number of ether oxygens (including phenoxy) is 2. The molecule has 2 aliphatic rings. The highest BCUT2D eigenvalue weighted by molar-refractivity contribution is 5.92. The Kier molecular flexibility index (Phi) is 4.61. The lowest BCUT2D eigenvalue weighted by atomic mass is 10.0. The summed E-state index contributed by atoms with van der Waals surface area (Å²) < 4.78 is 51.7. The average molecular weight is 444 g/mol. The molecule has 0 radical (unpaired) electrons. The van der Waals surface area contributed by atoms with Crippen LogP contribution in [0, 0.1) is 12.3 Å². The molecule has 0 bridgehead atoms. The second-order valence-electron chi connectivity index (χ2n) is 8.77. The molecule has 168 valence electrons. The van der Waals surface area contributed by atoms with Gasteiger partial charge in [-0.3, -0.25) is 0 Å². The monoisotopic (exact) mass is 444 g/mol. The number of hydrogen-bond acceptors (Lipinski definition) is 6. The lowest BCUT2D eigenvalue weighted by Crippen LogP contribution is -2.17. The van der Waals surface area contributed by atoms with E-state index in [-0.39, 0.29) is 11.1 Å². The normalized spacial score (nSPS) is 17.8. The van der Waals surface area contributed by atoms with E-state index in [2.05, 4.69) is 15.3 Å². The zero-order valence-electron chi connectivity index (χ0n) is 17.7. The number of nitrogens with two attached hydrogens (primary N) is 1. The third kappa shape index (κ3) is 3.87. The summed E-state index contributed by atoms with van der Waals surface area (Å²) in [6.45, 7) is 4.74. The number of hydrogen-bond donors (Lipinski definition) is 2. The summed E-state index contributed by atoms with van der Waals surface area (Å²) in [5.41, 5.74) is 6.19. The van der Waals surface area contributed by atoms with Crippen LogP contribution in [-0.2, 0) is 6.18 Å². The van der Waals surface area contributed by atoms with Crippen molar-refractivity contribution in [3.05, 3.63) is 47.3 Å². The van der Waals surface area contributed by atoms with Crippen LogP contribution in [0.4, 0.5) is 24.7 Å². The minimum atomic E-state index is -4.48. The van der Waals surface area contributed by atoms with Gasteiger partial charge in [0.2, 0.25) is 0 Å². The van der Waals surface area contributed by atoms with Gasteiger partial charge in [-0.1, -0.05) is 0 Å². The Morgan fingerprint density at radius 3 is 2.38 bits per heavy atom. The van der Waals surface area contributed by atoms with Gasteiger partial charge in [-0.15, -0.1) is 0 Å². The minimum Gasteiger partial charge on any atom is -0.489 e. The van der Waals surface area contributed by atoms with Crippen LogP contribution in [-0.4, -0.2) is 23.2 Å². The van der Waals surface area contributed by atoms with Gasteiger partial charge < -0.3 is 20.5 Å². The fraction of sp³-hybridized carbons (Fsp3) is 0.391. The Labute approximate surface area is 182 Å². The summed E-state index contributed by atoms with van der Waals surface area (Å²) >= 11 is 0. The second kappa shape index (κ2) is 7.15. The zero-order valence-corrected chi connectivity index (χ0v) is 17.7. The van der Waals surface area contributed by atoms with Gasteiger partial charge >= 0.3 is 6.18 Å². The maximum Gasteiger partial charge on any atom is 0.416 e.